The Balaban J connectivity index is 1.99. The zero-order valence-corrected chi connectivity index (χ0v) is 10.3. The fourth-order valence-corrected chi connectivity index (χ4v) is 3.13. The molecule has 2 saturated heterocycles. The third kappa shape index (κ3) is 2.23. The van der Waals surface area contributed by atoms with Crippen molar-refractivity contribution in [1.29, 1.82) is 0 Å². The second-order valence-corrected chi connectivity index (χ2v) is 4.94. The van der Waals surface area contributed by atoms with Crippen LogP contribution in [-0.4, -0.2) is 49.1 Å². The first-order chi connectivity index (χ1) is 7.74. The number of nitrogens with zero attached hydrogens (tertiary/aromatic N) is 1. The van der Waals surface area contributed by atoms with Crippen molar-refractivity contribution in [2.75, 3.05) is 20.1 Å². The molecule has 3 atom stereocenters. The van der Waals surface area contributed by atoms with E-state index in [1.807, 2.05) is 6.92 Å². The van der Waals surface area contributed by atoms with Crippen LogP contribution in [0.4, 0.5) is 0 Å². The highest BCUT2D eigenvalue weighted by Gasteiger charge is 2.37. The molecule has 0 aromatic carbocycles. The summed E-state index contributed by atoms with van der Waals surface area (Å²) in [5.74, 6) is 0.143. The number of likely N-dealkylation sites (N-methyl/N-ethyl adjacent to an activating group) is 1. The number of rotatable bonds is 3. The standard InChI is InChI=1S/C12H23N3O/c1-9(12(16)13-2)15-8-4-6-11(15)10-5-3-7-14-10/h9-11,14H,3-8H2,1-2H3,(H,13,16). The predicted octanol–water partition coefficient (Wildman–Crippen LogP) is 0.337. The van der Waals surface area contributed by atoms with Gasteiger partial charge in [0.2, 0.25) is 5.91 Å². The van der Waals surface area contributed by atoms with Gasteiger partial charge in [-0.2, -0.15) is 0 Å². The topological polar surface area (TPSA) is 44.4 Å². The Kier molecular flexibility index (Phi) is 3.82. The summed E-state index contributed by atoms with van der Waals surface area (Å²) in [4.78, 5) is 14.1. The van der Waals surface area contributed by atoms with E-state index in [0.29, 0.717) is 12.1 Å². The molecule has 0 saturated carbocycles. The van der Waals surface area contributed by atoms with Gasteiger partial charge in [-0.25, -0.2) is 0 Å². The maximum Gasteiger partial charge on any atom is 0.236 e. The molecule has 2 heterocycles. The molecule has 4 nitrogen and oxygen atoms in total. The van der Waals surface area contributed by atoms with Crippen molar-refractivity contribution in [3.05, 3.63) is 0 Å². The average molecular weight is 225 g/mol. The molecule has 0 spiro atoms. The first-order valence-electron chi connectivity index (χ1n) is 6.44. The zero-order valence-electron chi connectivity index (χ0n) is 10.3. The van der Waals surface area contributed by atoms with E-state index in [4.69, 9.17) is 0 Å². The van der Waals surface area contributed by atoms with E-state index in [2.05, 4.69) is 15.5 Å². The van der Waals surface area contributed by atoms with Gasteiger partial charge in [-0.15, -0.1) is 0 Å². The van der Waals surface area contributed by atoms with Crippen molar-refractivity contribution >= 4 is 5.91 Å². The van der Waals surface area contributed by atoms with Crippen molar-refractivity contribution < 1.29 is 4.79 Å². The minimum absolute atomic E-state index is 0.0138. The summed E-state index contributed by atoms with van der Waals surface area (Å²) < 4.78 is 0. The summed E-state index contributed by atoms with van der Waals surface area (Å²) in [7, 11) is 1.72. The smallest absolute Gasteiger partial charge is 0.236 e. The monoisotopic (exact) mass is 225 g/mol. The van der Waals surface area contributed by atoms with Crippen molar-refractivity contribution in [3.8, 4) is 0 Å². The van der Waals surface area contributed by atoms with Crippen molar-refractivity contribution in [2.24, 2.45) is 0 Å². The number of hydrogen-bond acceptors (Lipinski definition) is 3. The van der Waals surface area contributed by atoms with Gasteiger partial charge in [0.15, 0.2) is 0 Å². The first-order valence-corrected chi connectivity index (χ1v) is 6.44. The van der Waals surface area contributed by atoms with Crippen molar-refractivity contribution in [2.45, 2.75) is 50.7 Å². The molecular weight excluding hydrogens is 202 g/mol. The van der Waals surface area contributed by atoms with E-state index in [1.54, 1.807) is 7.05 Å². The van der Waals surface area contributed by atoms with Gasteiger partial charge in [-0.3, -0.25) is 9.69 Å². The summed E-state index contributed by atoms with van der Waals surface area (Å²) in [5, 5.41) is 6.32. The molecule has 92 valence electrons. The van der Waals surface area contributed by atoms with Crippen LogP contribution in [0.25, 0.3) is 0 Å². The van der Waals surface area contributed by atoms with Gasteiger partial charge in [0.1, 0.15) is 0 Å². The number of hydrogen-bond donors (Lipinski definition) is 2. The van der Waals surface area contributed by atoms with E-state index in [9.17, 15) is 4.79 Å². The third-order valence-corrected chi connectivity index (χ3v) is 4.03. The van der Waals surface area contributed by atoms with Crippen LogP contribution >= 0.6 is 0 Å². The minimum Gasteiger partial charge on any atom is -0.358 e. The summed E-state index contributed by atoms with van der Waals surface area (Å²) >= 11 is 0. The average Bonchev–Trinajstić information content (AvgIpc) is 2.95. The van der Waals surface area contributed by atoms with Gasteiger partial charge in [0.25, 0.3) is 0 Å². The van der Waals surface area contributed by atoms with Crippen molar-refractivity contribution in [1.82, 2.24) is 15.5 Å². The molecular formula is C12H23N3O. The van der Waals surface area contributed by atoms with Crippen LogP contribution < -0.4 is 10.6 Å². The van der Waals surface area contributed by atoms with Crippen LogP contribution in [0.1, 0.15) is 32.6 Å². The second kappa shape index (κ2) is 5.15. The Hall–Kier alpha value is -0.610. The zero-order chi connectivity index (χ0) is 11.5. The maximum absolute atomic E-state index is 11.7. The highest BCUT2D eigenvalue weighted by atomic mass is 16.2. The highest BCUT2D eigenvalue weighted by Crippen LogP contribution is 2.26. The van der Waals surface area contributed by atoms with E-state index >= 15 is 0 Å². The predicted molar refractivity (Wildman–Crippen MR) is 64.3 cm³/mol. The molecule has 2 fully saturated rings. The summed E-state index contributed by atoms with van der Waals surface area (Å²) in [6.07, 6.45) is 5.01. The molecule has 0 aromatic heterocycles. The molecule has 16 heavy (non-hydrogen) atoms. The summed E-state index contributed by atoms with van der Waals surface area (Å²) in [6, 6.07) is 1.18. The van der Waals surface area contributed by atoms with Gasteiger partial charge in [-0.1, -0.05) is 0 Å². The van der Waals surface area contributed by atoms with Crippen molar-refractivity contribution in [3.63, 3.8) is 0 Å². The number of amides is 1. The molecule has 2 rings (SSSR count). The van der Waals surface area contributed by atoms with Crippen LogP contribution in [0.3, 0.4) is 0 Å². The lowest BCUT2D eigenvalue weighted by molar-refractivity contribution is -0.125. The van der Waals surface area contributed by atoms with Gasteiger partial charge >= 0.3 is 0 Å². The van der Waals surface area contributed by atoms with Gasteiger partial charge in [-0.05, 0) is 45.7 Å². The largest absolute Gasteiger partial charge is 0.358 e. The SMILES string of the molecule is CNC(=O)C(C)N1CCCC1C1CCCN1. The molecule has 0 aromatic rings. The van der Waals surface area contributed by atoms with E-state index in [1.165, 1.54) is 25.7 Å². The molecule has 2 aliphatic rings. The molecule has 1 amide bonds. The number of carbonyl (C=O) groups is 1. The minimum atomic E-state index is 0.0138. The molecule has 2 N–H and O–H groups in total. The van der Waals surface area contributed by atoms with Crippen LogP contribution in [-0.2, 0) is 4.79 Å². The van der Waals surface area contributed by atoms with Crippen LogP contribution in [0.2, 0.25) is 0 Å². The molecule has 4 heteroatoms. The van der Waals surface area contributed by atoms with Crippen LogP contribution in [0, 0.1) is 0 Å². The summed E-state index contributed by atoms with van der Waals surface area (Å²) in [5.41, 5.74) is 0. The first kappa shape index (κ1) is 11.9. The summed E-state index contributed by atoms with van der Waals surface area (Å²) in [6.45, 7) is 4.23. The Morgan fingerprint density at radius 3 is 2.88 bits per heavy atom. The number of carbonyl (C=O) groups excluding carboxylic acids is 1. The van der Waals surface area contributed by atoms with E-state index < -0.39 is 0 Å². The second-order valence-electron chi connectivity index (χ2n) is 4.94. The Bertz CT molecular complexity index is 251. The Labute approximate surface area is 97.8 Å². The van der Waals surface area contributed by atoms with Gasteiger partial charge < -0.3 is 10.6 Å². The van der Waals surface area contributed by atoms with Gasteiger partial charge in [0.05, 0.1) is 6.04 Å². The Morgan fingerprint density at radius 2 is 2.25 bits per heavy atom. The number of nitrogens with one attached hydrogen (secondary N) is 2. The molecule has 3 unspecified atom stereocenters. The molecule has 2 aliphatic heterocycles. The highest BCUT2D eigenvalue weighted by molar-refractivity contribution is 5.81. The normalized spacial score (nSPS) is 32.9. The van der Waals surface area contributed by atoms with E-state index in [-0.39, 0.29) is 11.9 Å². The molecule has 0 bridgehead atoms. The molecule has 0 radical (unpaired) electrons. The van der Waals surface area contributed by atoms with Crippen LogP contribution in [0.15, 0.2) is 0 Å². The molecule has 0 aliphatic carbocycles. The maximum atomic E-state index is 11.7. The fourth-order valence-electron chi connectivity index (χ4n) is 3.13. The lowest BCUT2D eigenvalue weighted by Crippen LogP contribution is -2.52. The third-order valence-electron chi connectivity index (χ3n) is 4.03. The van der Waals surface area contributed by atoms with E-state index in [0.717, 1.165) is 13.1 Å². The van der Waals surface area contributed by atoms with Gasteiger partial charge in [0, 0.05) is 19.1 Å². The lowest BCUT2D eigenvalue weighted by Gasteiger charge is -2.33. The van der Waals surface area contributed by atoms with Crippen LogP contribution in [0.5, 0.6) is 0 Å². The quantitative estimate of drug-likeness (QED) is 0.728. The Morgan fingerprint density at radius 1 is 1.44 bits per heavy atom. The lowest BCUT2D eigenvalue weighted by atomic mass is 10.0. The fraction of sp³-hybridized carbons (Fsp3) is 0.917. The number of likely N-dealkylation sites (tertiary alicyclic amines) is 1.